The number of carbonyl (C=O) groups is 1. The van der Waals surface area contributed by atoms with E-state index in [4.69, 9.17) is 5.11 Å². The SMILES string of the molecule is O=C(O)c1ccc2c(c1)nnn2Cc1ccsc1. The smallest absolute Gasteiger partial charge is 0.335 e. The number of aromatic nitrogens is 3. The summed E-state index contributed by atoms with van der Waals surface area (Å²) in [4.78, 5) is 10.9. The fourth-order valence-electron chi connectivity index (χ4n) is 1.78. The molecule has 0 spiro atoms. The summed E-state index contributed by atoms with van der Waals surface area (Å²) in [5, 5.41) is 21.0. The van der Waals surface area contributed by atoms with Gasteiger partial charge in [0, 0.05) is 0 Å². The third-order valence-electron chi connectivity index (χ3n) is 2.67. The number of fused-ring (bicyclic) bond motifs is 1. The number of carboxylic acid groups (broad SMARTS) is 1. The lowest BCUT2D eigenvalue weighted by Crippen LogP contribution is -2.01. The van der Waals surface area contributed by atoms with Crippen LogP contribution in [0, 0.1) is 0 Å². The molecule has 2 aromatic heterocycles. The van der Waals surface area contributed by atoms with Gasteiger partial charge in [-0.3, -0.25) is 0 Å². The van der Waals surface area contributed by atoms with Gasteiger partial charge in [0.05, 0.1) is 17.6 Å². The third kappa shape index (κ3) is 1.86. The number of aromatic carboxylic acids is 1. The first-order chi connectivity index (χ1) is 8.74. The summed E-state index contributed by atoms with van der Waals surface area (Å²) in [5.41, 5.74) is 2.83. The molecule has 2 heterocycles. The van der Waals surface area contributed by atoms with E-state index in [1.807, 2.05) is 11.4 Å². The number of hydrogen-bond donors (Lipinski definition) is 1. The largest absolute Gasteiger partial charge is 0.478 e. The molecule has 0 radical (unpaired) electrons. The molecule has 0 unspecified atom stereocenters. The van der Waals surface area contributed by atoms with E-state index in [9.17, 15) is 4.79 Å². The molecule has 0 aliphatic heterocycles. The monoisotopic (exact) mass is 259 g/mol. The van der Waals surface area contributed by atoms with Crippen molar-refractivity contribution in [1.82, 2.24) is 15.0 Å². The van der Waals surface area contributed by atoms with Crippen molar-refractivity contribution < 1.29 is 9.90 Å². The first-order valence-corrected chi connectivity index (χ1v) is 6.26. The Balaban J connectivity index is 2.02. The normalized spacial score (nSPS) is 10.9. The minimum Gasteiger partial charge on any atom is -0.478 e. The molecule has 0 fully saturated rings. The zero-order valence-corrected chi connectivity index (χ0v) is 10.1. The maximum absolute atomic E-state index is 10.9. The van der Waals surface area contributed by atoms with Crippen LogP contribution in [-0.4, -0.2) is 26.1 Å². The van der Waals surface area contributed by atoms with E-state index < -0.39 is 5.97 Å². The topological polar surface area (TPSA) is 68.0 Å². The fraction of sp³-hybridized carbons (Fsp3) is 0.0833. The number of hydrogen-bond acceptors (Lipinski definition) is 4. The molecule has 0 saturated heterocycles. The molecule has 90 valence electrons. The first kappa shape index (κ1) is 10.9. The number of nitrogens with zero attached hydrogens (tertiary/aromatic N) is 3. The summed E-state index contributed by atoms with van der Waals surface area (Å²) >= 11 is 1.63. The lowest BCUT2D eigenvalue weighted by atomic mass is 10.2. The highest BCUT2D eigenvalue weighted by Crippen LogP contribution is 2.16. The van der Waals surface area contributed by atoms with Crippen molar-refractivity contribution in [2.75, 3.05) is 0 Å². The Kier molecular flexibility index (Phi) is 2.56. The van der Waals surface area contributed by atoms with Crippen LogP contribution in [-0.2, 0) is 6.54 Å². The minimum absolute atomic E-state index is 0.227. The van der Waals surface area contributed by atoms with Gasteiger partial charge in [0.25, 0.3) is 0 Å². The van der Waals surface area contributed by atoms with Gasteiger partial charge in [0.15, 0.2) is 0 Å². The first-order valence-electron chi connectivity index (χ1n) is 5.31. The molecule has 1 aromatic carbocycles. The van der Waals surface area contributed by atoms with Crippen LogP contribution in [0.25, 0.3) is 11.0 Å². The Bertz CT molecular complexity index is 703. The molecule has 18 heavy (non-hydrogen) atoms. The van der Waals surface area contributed by atoms with E-state index in [-0.39, 0.29) is 5.56 Å². The molecule has 3 aromatic rings. The Morgan fingerprint density at radius 1 is 1.39 bits per heavy atom. The van der Waals surface area contributed by atoms with Crippen molar-refractivity contribution in [3.8, 4) is 0 Å². The summed E-state index contributed by atoms with van der Waals surface area (Å²) in [6, 6.07) is 6.88. The second-order valence-electron chi connectivity index (χ2n) is 3.89. The lowest BCUT2D eigenvalue weighted by Gasteiger charge is -2.00. The second kappa shape index (κ2) is 4.23. The Morgan fingerprint density at radius 2 is 2.28 bits per heavy atom. The molecule has 0 amide bonds. The highest BCUT2D eigenvalue weighted by Gasteiger charge is 2.09. The van der Waals surface area contributed by atoms with Gasteiger partial charge in [0.1, 0.15) is 5.52 Å². The molecule has 6 heteroatoms. The van der Waals surface area contributed by atoms with Crippen molar-refractivity contribution in [3.05, 3.63) is 46.2 Å². The second-order valence-corrected chi connectivity index (χ2v) is 4.67. The van der Waals surface area contributed by atoms with Crippen LogP contribution in [0.3, 0.4) is 0 Å². The highest BCUT2D eigenvalue weighted by molar-refractivity contribution is 7.07. The van der Waals surface area contributed by atoms with Crippen LogP contribution in [0.2, 0.25) is 0 Å². The summed E-state index contributed by atoms with van der Waals surface area (Å²) < 4.78 is 1.77. The van der Waals surface area contributed by atoms with E-state index in [0.717, 1.165) is 11.1 Å². The van der Waals surface area contributed by atoms with Crippen LogP contribution in [0.5, 0.6) is 0 Å². The Morgan fingerprint density at radius 3 is 3.00 bits per heavy atom. The van der Waals surface area contributed by atoms with Gasteiger partial charge in [-0.05, 0) is 40.6 Å². The molecule has 0 bridgehead atoms. The Hall–Kier alpha value is -2.21. The van der Waals surface area contributed by atoms with Crippen LogP contribution in [0.4, 0.5) is 0 Å². The number of thiophene rings is 1. The molecular weight excluding hydrogens is 250 g/mol. The summed E-state index contributed by atoms with van der Waals surface area (Å²) in [6.45, 7) is 0.645. The molecule has 5 nitrogen and oxygen atoms in total. The fourth-order valence-corrected chi connectivity index (χ4v) is 2.44. The van der Waals surface area contributed by atoms with Crippen LogP contribution < -0.4 is 0 Å². The standard InChI is InChI=1S/C12H9N3O2S/c16-12(17)9-1-2-11-10(5-9)13-14-15(11)6-8-3-4-18-7-8/h1-5,7H,6H2,(H,16,17). The van der Waals surface area contributed by atoms with Crippen molar-refractivity contribution in [2.45, 2.75) is 6.54 Å². The summed E-state index contributed by atoms with van der Waals surface area (Å²) in [5.74, 6) is -0.954. The van der Waals surface area contributed by atoms with Crippen molar-refractivity contribution in [2.24, 2.45) is 0 Å². The molecule has 1 N–H and O–H groups in total. The predicted octanol–water partition coefficient (Wildman–Crippen LogP) is 2.24. The van der Waals surface area contributed by atoms with Gasteiger partial charge in [-0.25, -0.2) is 9.48 Å². The molecule has 0 atom stereocenters. The molecule has 0 saturated carbocycles. The van der Waals surface area contributed by atoms with Gasteiger partial charge in [0.2, 0.25) is 0 Å². The minimum atomic E-state index is -0.954. The van der Waals surface area contributed by atoms with E-state index in [0.29, 0.717) is 12.1 Å². The van der Waals surface area contributed by atoms with Crippen molar-refractivity contribution in [3.63, 3.8) is 0 Å². The van der Waals surface area contributed by atoms with E-state index in [1.165, 1.54) is 6.07 Å². The predicted molar refractivity (Wildman–Crippen MR) is 67.9 cm³/mol. The molecular formula is C12H9N3O2S. The zero-order chi connectivity index (χ0) is 12.5. The van der Waals surface area contributed by atoms with Crippen LogP contribution >= 0.6 is 11.3 Å². The zero-order valence-electron chi connectivity index (χ0n) is 9.28. The van der Waals surface area contributed by atoms with Gasteiger partial charge in [-0.2, -0.15) is 11.3 Å². The van der Waals surface area contributed by atoms with Crippen LogP contribution in [0.15, 0.2) is 35.0 Å². The van der Waals surface area contributed by atoms with Crippen LogP contribution in [0.1, 0.15) is 15.9 Å². The average Bonchev–Trinajstić information content (AvgIpc) is 2.99. The maximum atomic E-state index is 10.9. The molecule has 0 aliphatic carbocycles. The Labute approximate surface area is 106 Å². The number of benzene rings is 1. The number of carboxylic acids is 1. The van der Waals surface area contributed by atoms with Crippen molar-refractivity contribution >= 4 is 28.3 Å². The average molecular weight is 259 g/mol. The highest BCUT2D eigenvalue weighted by atomic mass is 32.1. The summed E-state index contributed by atoms with van der Waals surface area (Å²) in [7, 11) is 0. The van der Waals surface area contributed by atoms with Gasteiger partial charge in [-0.1, -0.05) is 5.21 Å². The quantitative estimate of drug-likeness (QED) is 0.783. The molecule has 3 rings (SSSR count). The summed E-state index contributed by atoms with van der Waals surface area (Å²) in [6.07, 6.45) is 0. The van der Waals surface area contributed by atoms with Gasteiger partial charge >= 0.3 is 5.97 Å². The van der Waals surface area contributed by atoms with E-state index >= 15 is 0 Å². The van der Waals surface area contributed by atoms with E-state index in [2.05, 4.69) is 15.7 Å². The van der Waals surface area contributed by atoms with Gasteiger partial charge in [-0.15, -0.1) is 5.10 Å². The third-order valence-corrected chi connectivity index (χ3v) is 3.41. The van der Waals surface area contributed by atoms with Crippen molar-refractivity contribution in [1.29, 1.82) is 0 Å². The maximum Gasteiger partial charge on any atom is 0.335 e. The molecule has 0 aliphatic rings. The van der Waals surface area contributed by atoms with E-state index in [1.54, 1.807) is 28.2 Å². The van der Waals surface area contributed by atoms with Gasteiger partial charge < -0.3 is 5.11 Å². The number of rotatable bonds is 3. The lowest BCUT2D eigenvalue weighted by molar-refractivity contribution is 0.0697.